The number of hydrogen-bond donors (Lipinski definition) is 0. The topological polar surface area (TPSA) is 18.5 Å². The Labute approximate surface area is 118 Å². The van der Waals surface area contributed by atoms with E-state index in [9.17, 15) is 4.39 Å². The highest BCUT2D eigenvalue weighted by Crippen LogP contribution is 2.16. The van der Waals surface area contributed by atoms with Gasteiger partial charge in [-0.25, -0.2) is 4.39 Å². The van der Waals surface area contributed by atoms with Crippen molar-refractivity contribution in [1.82, 2.24) is 0 Å². The summed E-state index contributed by atoms with van der Waals surface area (Å²) in [6.07, 6.45) is 1.34. The smallest absolute Gasteiger partial charge is 0.142 e. The van der Waals surface area contributed by atoms with Gasteiger partial charge in [0.1, 0.15) is 11.6 Å². The molecule has 0 saturated carbocycles. The molecule has 0 atom stereocenters. The van der Waals surface area contributed by atoms with Crippen molar-refractivity contribution >= 4 is 11.6 Å². The minimum absolute atomic E-state index is 0.367. The maximum atomic E-state index is 13.7. The van der Waals surface area contributed by atoms with E-state index >= 15 is 0 Å². The second kappa shape index (κ2) is 9.66. The largest absolute Gasteiger partial charge is 0.493 e. The van der Waals surface area contributed by atoms with Crippen molar-refractivity contribution in [3.05, 3.63) is 29.6 Å². The molecular formula is C15H18ClFO2. The van der Waals surface area contributed by atoms with Crippen molar-refractivity contribution in [2.45, 2.75) is 19.8 Å². The van der Waals surface area contributed by atoms with Crippen molar-refractivity contribution < 1.29 is 13.9 Å². The van der Waals surface area contributed by atoms with E-state index in [1.807, 2.05) is 6.92 Å². The van der Waals surface area contributed by atoms with Crippen LogP contribution in [0.3, 0.4) is 0 Å². The van der Waals surface area contributed by atoms with Crippen molar-refractivity contribution in [2.75, 3.05) is 25.7 Å². The van der Waals surface area contributed by atoms with Gasteiger partial charge in [0, 0.05) is 38.0 Å². The molecule has 0 N–H and O–H groups in total. The summed E-state index contributed by atoms with van der Waals surface area (Å²) in [4.78, 5) is 0. The molecule has 4 heteroatoms. The van der Waals surface area contributed by atoms with Crippen LogP contribution in [0.15, 0.2) is 18.2 Å². The molecule has 0 radical (unpaired) electrons. The summed E-state index contributed by atoms with van der Waals surface area (Å²) >= 11 is 5.50. The van der Waals surface area contributed by atoms with Crippen LogP contribution in [0, 0.1) is 17.7 Å². The monoisotopic (exact) mass is 284 g/mol. The molecule has 1 aromatic carbocycles. The Morgan fingerprint density at radius 3 is 2.84 bits per heavy atom. The molecule has 0 spiro atoms. The molecule has 0 aliphatic carbocycles. The zero-order valence-corrected chi connectivity index (χ0v) is 11.8. The van der Waals surface area contributed by atoms with E-state index in [0.717, 1.165) is 6.42 Å². The molecule has 1 aromatic rings. The number of rotatable bonds is 7. The number of halogens is 2. The molecule has 104 valence electrons. The maximum Gasteiger partial charge on any atom is 0.142 e. The molecule has 1 rings (SSSR count). The van der Waals surface area contributed by atoms with Gasteiger partial charge in [0.15, 0.2) is 0 Å². The van der Waals surface area contributed by atoms with Gasteiger partial charge >= 0.3 is 0 Å². The predicted octanol–water partition coefficient (Wildman–Crippen LogP) is 3.61. The van der Waals surface area contributed by atoms with Gasteiger partial charge < -0.3 is 9.47 Å². The predicted molar refractivity (Wildman–Crippen MR) is 75.2 cm³/mol. The van der Waals surface area contributed by atoms with E-state index in [4.69, 9.17) is 21.1 Å². The summed E-state index contributed by atoms with van der Waals surface area (Å²) in [6.45, 7) is 3.81. The first-order chi connectivity index (χ1) is 9.27. The standard InChI is InChI=1S/C15H18ClFO2/c1-2-18-10-5-11-19-14-8-7-13(15(17)12-14)6-3-4-9-16/h7-8,12H,2,4-5,9-11H2,1H3. The van der Waals surface area contributed by atoms with Crippen LogP contribution >= 0.6 is 11.6 Å². The summed E-state index contributed by atoms with van der Waals surface area (Å²) in [7, 11) is 0. The van der Waals surface area contributed by atoms with E-state index in [1.165, 1.54) is 6.07 Å². The van der Waals surface area contributed by atoms with Crippen LogP contribution in [0.5, 0.6) is 5.75 Å². The van der Waals surface area contributed by atoms with Gasteiger partial charge in [-0.05, 0) is 19.1 Å². The van der Waals surface area contributed by atoms with Crippen molar-refractivity contribution in [3.63, 3.8) is 0 Å². The third-order valence-electron chi connectivity index (χ3n) is 2.29. The zero-order valence-electron chi connectivity index (χ0n) is 11.0. The van der Waals surface area contributed by atoms with Gasteiger partial charge in [-0.15, -0.1) is 11.6 Å². The maximum absolute atomic E-state index is 13.7. The van der Waals surface area contributed by atoms with E-state index < -0.39 is 0 Å². The molecule has 2 nitrogen and oxygen atoms in total. The van der Waals surface area contributed by atoms with Crippen LogP contribution in [-0.4, -0.2) is 25.7 Å². The van der Waals surface area contributed by atoms with Gasteiger partial charge in [-0.2, -0.15) is 0 Å². The van der Waals surface area contributed by atoms with Gasteiger partial charge in [-0.3, -0.25) is 0 Å². The first-order valence-corrected chi connectivity index (χ1v) is 6.86. The van der Waals surface area contributed by atoms with E-state index in [1.54, 1.807) is 12.1 Å². The Balaban J connectivity index is 2.46. The molecule has 0 aromatic heterocycles. The minimum Gasteiger partial charge on any atom is -0.493 e. The van der Waals surface area contributed by atoms with E-state index in [2.05, 4.69) is 11.8 Å². The van der Waals surface area contributed by atoms with Crippen molar-refractivity contribution in [1.29, 1.82) is 0 Å². The number of hydrogen-bond acceptors (Lipinski definition) is 2. The zero-order chi connectivity index (χ0) is 13.9. The molecule has 0 unspecified atom stereocenters. The number of benzene rings is 1. The molecule has 0 aliphatic rings. The highest BCUT2D eigenvalue weighted by molar-refractivity contribution is 6.18. The molecule has 0 heterocycles. The lowest BCUT2D eigenvalue weighted by Gasteiger charge is -2.06. The molecule has 0 amide bonds. The van der Waals surface area contributed by atoms with Crippen LogP contribution in [0.25, 0.3) is 0 Å². The second-order valence-electron chi connectivity index (χ2n) is 3.78. The Hall–Kier alpha value is -1.24. The van der Waals surface area contributed by atoms with Gasteiger partial charge in [0.2, 0.25) is 0 Å². The van der Waals surface area contributed by atoms with Crippen molar-refractivity contribution in [3.8, 4) is 17.6 Å². The molecule has 0 fully saturated rings. The Morgan fingerprint density at radius 2 is 2.16 bits per heavy atom. The third kappa shape index (κ3) is 6.47. The molecule has 0 saturated heterocycles. The molecule has 0 bridgehead atoms. The van der Waals surface area contributed by atoms with Crippen LogP contribution in [0.2, 0.25) is 0 Å². The first-order valence-electron chi connectivity index (χ1n) is 6.33. The van der Waals surface area contributed by atoms with Crippen LogP contribution in [0.1, 0.15) is 25.3 Å². The average molecular weight is 285 g/mol. The number of ether oxygens (including phenoxy) is 2. The minimum atomic E-state index is -0.371. The second-order valence-corrected chi connectivity index (χ2v) is 4.16. The first kappa shape index (κ1) is 15.8. The average Bonchev–Trinajstić information content (AvgIpc) is 2.41. The van der Waals surface area contributed by atoms with E-state index in [0.29, 0.717) is 43.4 Å². The fourth-order valence-electron chi connectivity index (χ4n) is 1.39. The van der Waals surface area contributed by atoms with Crippen LogP contribution in [0.4, 0.5) is 4.39 Å². The molecule has 0 aliphatic heterocycles. The fourth-order valence-corrected chi connectivity index (χ4v) is 1.48. The SMILES string of the molecule is CCOCCCOc1ccc(C#CCCCl)c(F)c1. The van der Waals surface area contributed by atoms with Crippen LogP contribution in [-0.2, 0) is 4.74 Å². The number of alkyl halides is 1. The highest BCUT2D eigenvalue weighted by Gasteiger charge is 2.02. The lowest BCUT2D eigenvalue weighted by atomic mass is 10.2. The third-order valence-corrected chi connectivity index (χ3v) is 2.48. The van der Waals surface area contributed by atoms with Gasteiger partial charge in [0.25, 0.3) is 0 Å². The molecular weight excluding hydrogens is 267 g/mol. The fraction of sp³-hybridized carbons (Fsp3) is 0.467. The molecule has 19 heavy (non-hydrogen) atoms. The van der Waals surface area contributed by atoms with Gasteiger partial charge in [0.05, 0.1) is 12.2 Å². The van der Waals surface area contributed by atoms with E-state index in [-0.39, 0.29) is 5.82 Å². The summed E-state index contributed by atoms with van der Waals surface area (Å²) in [5.74, 6) is 6.13. The normalized spacial score (nSPS) is 9.84. The summed E-state index contributed by atoms with van der Waals surface area (Å²) in [5.41, 5.74) is 0.367. The lowest BCUT2D eigenvalue weighted by molar-refractivity contribution is 0.131. The van der Waals surface area contributed by atoms with Crippen LogP contribution < -0.4 is 4.74 Å². The summed E-state index contributed by atoms with van der Waals surface area (Å²) in [6, 6.07) is 4.69. The Kier molecular flexibility index (Phi) is 8.04. The Morgan fingerprint density at radius 1 is 1.32 bits per heavy atom. The Bertz CT molecular complexity index is 438. The quantitative estimate of drug-likeness (QED) is 0.433. The lowest BCUT2D eigenvalue weighted by Crippen LogP contribution is -2.03. The van der Waals surface area contributed by atoms with Gasteiger partial charge in [-0.1, -0.05) is 11.8 Å². The summed E-state index contributed by atoms with van der Waals surface area (Å²) in [5, 5.41) is 0. The summed E-state index contributed by atoms with van der Waals surface area (Å²) < 4.78 is 24.3. The van der Waals surface area contributed by atoms with Crippen molar-refractivity contribution in [2.24, 2.45) is 0 Å². The highest BCUT2D eigenvalue weighted by atomic mass is 35.5.